The maximum atomic E-state index is 11.2. The molecule has 0 radical (unpaired) electrons. The minimum absolute atomic E-state index is 0.264. The molecule has 0 unspecified atom stereocenters. The zero-order chi connectivity index (χ0) is 18.2. The van der Waals surface area contributed by atoms with E-state index >= 15 is 0 Å². The number of urea groups is 1. The SMILES string of the molecule is CCNC(=NCc1ccc(Cl)cc1OC)NC1CCN(C(N)=O)CC1. The third-order valence-electron chi connectivity index (χ3n) is 4.15. The van der Waals surface area contributed by atoms with E-state index in [4.69, 9.17) is 22.1 Å². The molecule has 2 amide bonds. The number of hydrogen-bond donors (Lipinski definition) is 3. The van der Waals surface area contributed by atoms with E-state index in [9.17, 15) is 4.79 Å². The third kappa shape index (κ3) is 5.70. The van der Waals surface area contributed by atoms with Crippen LogP contribution in [0.1, 0.15) is 25.3 Å². The molecule has 0 aromatic heterocycles. The van der Waals surface area contributed by atoms with E-state index in [2.05, 4.69) is 15.6 Å². The largest absolute Gasteiger partial charge is 0.496 e. The van der Waals surface area contributed by atoms with Gasteiger partial charge in [-0.05, 0) is 31.9 Å². The summed E-state index contributed by atoms with van der Waals surface area (Å²) < 4.78 is 5.36. The van der Waals surface area contributed by atoms with Crippen LogP contribution in [0.4, 0.5) is 4.79 Å². The van der Waals surface area contributed by atoms with Crippen molar-refractivity contribution in [2.24, 2.45) is 10.7 Å². The molecule has 1 fully saturated rings. The first-order chi connectivity index (χ1) is 12.0. The first-order valence-corrected chi connectivity index (χ1v) is 8.83. The summed E-state index contributed by atoms with van der Waals surface area (Å²) in [5, 5.41) is 7.31. The van der Waals surface area contributed by atoms with Gasteiger partial charge in [-0.15, -0.1) is 0 Å². The van der Waals surface area contributed by atoms with E-state index in [1.54, 1.807) is 18.1 Å². The summed E-state index contributed by atoms with van der Waals surface area (Å²) >= 11 is 5.99. The number of carbonyl (C=O) groups excluding carboxylic acids is 1. The highest BCUT2D eigenvalue weighted by atomic mass is 35.5. The number of nitrogens with two attached hydrogens (primary N) is 1. The number of primary amides is 1. The number of piperidine rings is 1. The number of methoxy groups -OCH3 is 1. The van der Waals surface area contributed by atoms with Crippen LogP contribution in [-0.2, 0) is 6.54 Å². The van der Waals surface area contributed by atoms with Crippen LogP contribution in [0.15, 0.2) is 23.2 Å². The van der Waals surface area contributed by atoms with Crippen molar-refractivity contribution in [2.75, 3.05) is 26.7 Å². The van der Waals surface area contributed by atoms with Crippen molar-refractivity contribution in [1.29, 1.82) is 0 Å². The molecule has 1 heterocycles. The molecule has 0 atom stereocenters. The maximum absolute atomic E-state index is 11.2. The number of aliphatic imine (C=N–C) groups is 1. The summed E-state index contributed by atoms with van der Waals surface area (Å²) in [6, 6.07) is 5.44. The Morgan fingerprint density at radius 2 is 2.16 bits per heavy atom. The second-order valence-electron chi connectivity index (χ2n) is 5.90. The Morgan fingerprint density at radius 3 is 2.76 bits per heavy atom. The minimum Gasteiger partial charge on any atom is -0.496 e. The molecule has 1 saturated heterocycles. The van der Waals surface area contributed by atoms with Crippen LogP contribution in [0.25, 0.3) is 0 Å². The topological polar surface area (TPSA) is 92.0 Å². The highest BCUT2D eigenvalue weighted by Gasteiger charge is 2.21. The van der Waals surface area contributed by atoms with Gasteiger partial charge in [-0.1, -0.05) is 17.7 Å². The molecule has 1 aliphatic rings. The Labute approximate surface area is 153 Å². The molecule has 0 bridgehead atoms. The lowest BCUT2D eigenvalue weighted by Gasteiger charge is -2.32. The third-order valence-corrected chi connectivity index (χ3v) is 4.38. The molecule has 0 saturated carbocycles. The van der Waals surface area contributed by atoms with Crippen molar-refractivity contribution >= 4 is 23.6 Å². The van der Waals surface area contributed by atoms with Gasteiger partial charge in [0.05, 0.1) is 13.7 Å². The zero-order valence-corrected chi connectivity index (χ0v) is 15.5. The van der Waals surface area contributed by atoms with Gasteiger partial charge in [0, 0.05) is 36.3 Å². The van der Waals surface area contributed by atoms with Crippen molar-refractivity contribution in [3.05, 3.63) is 28.8 Å². The first kappa shape index (κ1) is 19.2. The van der Waals surface area contributed by atoms with Gasteiger partial charge in [-0.2, -0.15) is 0 Å². The number of rotatable bonds is 5. The number of likely N-dealkylation sites (tertiary alicyclic amines) is 1. The lowest BCUT2D eigenvalue weighted by molar-refractivity contribution is 0.188. The molecule has 8 heteroatoms. The number of nitrogens with one attached hydrogen (secondary N) is 2. The Morgan fingerprint density at radius 1 is 1.44 bits per heavy atom. The van der Waals surface area contributed by atoms with Crippen LogP contribution in [0.5, 0.6) is 5.75 Å². The number of ether oxygens (including phenoxy) is 1. The van der Waals surface area contributed by atoms with Gasteiger partial charge in [-0.25, -0.2) is 9.79 Å². The highest BCUT2D eigenvalue weighted by molar-refractivity contribution is 6.30. The molecule has 1 aromatic carbocycles. The standard InChI is InChI=1S/C17H26ClN5O2/c1-3-20-17(22-14-6-8-23(9-7-14)16(19)24)21-11-12-4-5-13(18)10-15(12)25-2/h4-5,10,14H,3,6-9,11H2,1-2H3,(H2,19,24)(H2,20,21,22). The fourth-order valence-corrected chi connectivity index (χ4v) is 2.93. The number of benzene rings is 1. The summed E-state index contributed by atoms with van der Waals surface area (Å²) in [5.74, 6) is 1.47. The molecule has 0 aliphatic carbocycles. The van der Waals surface area contributed by atoms with Crippen molar-refractivity contribution in [3.8, 4) is 5.75 Å². The van der Waals surface area contributed by atoms with E-state index in [1.165, 1.54) is 0 Å². The molecule has 0 spiro atoms. The summed E-state index contributed by atoms with van der Waals surface area (Å²) in [4.78, 5) is 17.5. The quantitative estimate of drug-likeness (QED) is 0.548. The lowest BCUT2D eigenvalue weighted by Crippen LogP contribution is -2.50. The molecule has 1 aliphatic heterocycles. The number of guanidine groups is 1. The fraction of sp³-hybridized carbons (Fsp3) is 0.529. The zero-order valence-electron chi connectivity index (χ0n) is 14.7. The molecule has 138 valence electrons. The van der Waals surface area contributed by atoms with Crippen LogP contribution >= 0.6 is 11.6 Å². The van der Waals surface area contributed by atoms with Crippen LogP contribution in [0.2, 0.25) is 5.02 Å². The Kier molecular flexibility index (Phi) is 7.18. The molecule has 1 aromatic rings. The van der Waals surface area contributed by atoms with Crippen LogP contribution in [0.3, 0.4) is 0 Å². The average Bonchev–Trinajstić information content (AvgIpc) is 2.61. The second-order valence-corrected chi connectivity index (χ2v) is 6.33. The van der Waals surface area contributed by atoms with Gasteiger partial charge >= 0.3 is 6.03 Å². The molecule has 2 rings (SSSR count). The summed E-state index contributed by atoms with van der Waals surface area (Å²) in [6.07, 6.45) is 1.69. The second kappa shape index (κ2) is 9.36. The fourth-order valence-electron chi connectivity index (χ4n) is 2.77. The maximum Gasteiger partial charge on any atom is 0.314 e. The molecular formula is C17H26ClN5O2. The van der Waals surface area contributed by atoms with Crippen LogP contribution in [0, 0.1) is 0 Å². The van der Waals surface area contributed by atoms with Gasteiger partial charge in [0.2, 0.25) is 0 Å². The van der Waals surface area contributed by atoms with E-state index < -0.39 is 0 Å². The van der Waals surface area contributed by atoms with Gasteiger partial charge in [0.25, 0.3) is 0 Å². The Hall–Kier alpha value is -2.15. The Balaban J connectivity index is 1.98. The van der Waals surface area contributed by atoms with Gasteiger partial charge < -0.3 is 26.0 Å². The number of hydrogen-bond acceptors (Lipinski definition) is 3. The van der Waals surface area contributed by atoms with Crippen LogP contribution < -0.4 is 21.1 Å². The van der Waals surface area contributed by atoms with Crippen molar-refractivity contribution in [1.82, 2.24) is 15.5 Å². The molecule has 4 N–H and O–H groups in total. The Bertz CT molecular complexity index is 615. The number of amides is 2. The van der Waals surface area contributed by atoms with Gasteiger partial charge in [0.1, 0.15) is 5.75 Å². The van der Waals surface area contributed by atoms with Gasteiger partial charge in [-0.3, -0.25) is 0 Å². The lowest BCUT2D eigenvalue weighted by atomic mass is 10.1. The smallest absolute Gasteiger partial charge is 0.314 e. The predicted molar refractivity (Wildman–Crippen MR) is 100 cm³/mol. The first-order valence-electron chi connectivity index (χ1n) is 8.45. The van der Waals surface area contributed by atoms with Crippen molar-refractivity contribution in [3.63, 3.8) is 0 Å². The summed E-state index contributed by atoms with van der Waals surface area (Å²) in [7, 11) is 1.62. The van der Waals surface area contributed by atoms with Crippen molar-refractivity contribution < 1.29 is 9.53 Å². The normalized spacial score (nSPS) is 15.8. The number of nitrogens with zero attached hydrogens (tertiary/aromatic N) is 2. The molecule has 25 heavy (non-hydrogen) atoms. The predicted octanol–water partition coefficient (Wildman–Crippen LogP) is 1.95. The highest BCUT2D eigenvalue weighted by Crippen LogP contribution is 2.23. The van der Waals surface area contributed by atoms with E-state index in [0.29, 0.717) is 24.7 Å². The molecular weight excluding hydrogens is 342 g/mol. The monoisotopic (exact) mass is 367 g/mol. The summed E-state index contributed by atoms with van der Waals surface area (Å²) in [5.41, 5.74) is 6.29. The number of halogens is 1. The van der Waals surface area contributed by atoms with E-state index in [-0.39, 0.29) is 12.1 Å². The van der Waals surface area contributed by atoms with E-state index in [0.717, 1.165) is 36.7 Å². The summed E-state index contributed by atoms with van der Waals surface area (Å²) in [6.45, 7) is 4.60. The minimum atomic E-state index is -0.353. The van der Waals surface area contributed by atoms with Gasteiger partial charge in [0.15, 0.2) is 5.96 Å². The molecule has 7 nitrogen and oxygen atoms in total. The van der Waals surface area contributed by atoms with Crippen molar-refractivity contribution in [2.45, 2.75) is 32.4 Å². The van der Waals surface area contributed by atoms with Crippen LogP contribution in [-0.4, -0.2) is 49.7 Å². The average molecular weight is 368 g/mol. The van der Waals surface area contributed by atoms with E-state index in [1.807, 2.05) is 19.1 Å². The number of carbonyl (C=O) groups is 1.